The Morgan fingerprint density at radius 3 is 2.44 bits per heavy atom. The molecular formula is C21H22N2O2. The smallest absolute Gasteiger partial charge is 0.239 e. The third-order valence-corrected chi connectivity index (χ3v) is 4.20. The molecule has 1 N–H and O–H groups in total. The SMILES string of the molecule is COc1ccc(CNC(=O)CN(C)c2ccc3ccccc3c2)cc1. The first-order valence-corrected chi connectivity index (χ1v) is 8.25. The minimum absolute atomic E-state index is 0.00789. The lowest BCUT2D eigenvalue weighted by atomic mass is 10.1. The molecule has 0 saturated heterocycles. The first kappa shape index (κ1) is 16.8. The van der Waals surface area contributed by atoms with Crippen LogP contribution in [0.1, 0.15) is 5.56 Å². The molecule has 0 saturated carbocycles. The van der Waals surface area contributed by atoms with Gasteiger partial charge in [0.15, 0.2) is 0 Å². The summed E-state index contributed by atoms with van der Waals surface area (Å²) in [6.45, 7) is 0.822. The first-order valence-electron chi connectivity index (χ1n) is 8.25. The Bertz CT molecular complexity index is 859. The zero-order chi connectivity index (χ0) is 17.6. The van der Waals surface area contributed by atoms with E-state index in [4.69, 9.17) is 4.74 Å². The molecule has 0 aliphatic carbocycles. The largest absolute Gasteiger partial charge is 0.497 e. The molecule has 3 rings (SSSR count). The van der Waals surface area contributed by atoms with E-state index < -0.39 is 0 Å². The Morgan fingerprint density at radius 2 is 1.72 bits per heavy atom. The van der Waals surface area contributed by atoms with Crippen LogP contribution in [-0.2, 0) is 11.3 Å². The number of carbonyl (C=O) groups is 1. The Labute approximate surface area is 148 Å². The molecule has 3 aromatic carbocycles. The molecule has 3 aromatic rings. The van der Waals surface area contributed by atoms with Crippen LogP contribution < -0.4 is 15.0 Å². The van der Waals surface area contributed by atoms with Crippen molar-refractivity contribution in [3.05, 3.63) is 72.3 Å². The predicted octanol–water partition coefficient (Wildman–Crippen LogP) is 3.60. The van der Waals surface area contributed by atoms with Gasteiger partial charge in [-0.2, -0.15) is 0 Å². The number of hydrogen-bond acceptors (Lipinski definition) is 3. The van der Waals surface area contributed by atoms with Gasteiger partial charge in [0, 0.05) is 19.3 Å². The molecule has 0 aliphatic heterocycles. The molecule has 0 bridgehead atoms. The number of rotatable bonds is 6. The normalized spacial score (nSPS) is 10.5. The van der Waals surface area contributed by atoms with Gasteiger partial charge in [-0.3, -0.25) is 4.79 Å². The van der Waals surface area contributed by atoms with Gasteiger partial charge in [-0.25, -0.2) is 0 Å². The van der Waals surface area contributed by atoms with E-state index in [2.05, 4.69) is 29.6 Å². The highest BCUT2D eigenvalue weighted by atomic mass is 16.5. The summed E-state index contributed by atoms with van der Waals surface area (Å²) >= 11 is 0. The lowest BCUT2D eigenvalue weighted by molar-refractivity contribution is -0.119. The maximum absolute atomic E-state index is 12.2. The lowest BCUT2D eigenvalue weighted by Gasteiger charge is -2.19. The molecule has 1 amide bonds. The summed E-state index contributed by atoms with van der Waals surface area (Å²) in [5.74, 6) is 0.803. The van der Waals surface area contributed by atoms with Gasteiger partial charge in [-0.1, -0.05) is 42.5 Å². The minimum Gasteiger partial charge on any atom is -0.497 e. The third-order valence-electron chi connectivity index (χ3n) is 4.20. The van der Waals surface area contributed by atoms with E-state index in [1.165, 1.54) is 10.8 Å². The number of ether oxygens (including phenoxy) is 1. The maximum atomic E-state index is 12.2. The molecule has 0 fully saturated rings. The molecule has 4 heteroatoms. The number of likely N-dealkylation sites (N-methyl/N-ethyl adjacent to an activating group) is 1. The van der Waals surface area contributed by atoms with Gasteiger partial charge in [0.25, 0.3) is 0 Å². The second-order valence-electron chi connectivity index (χ2n) is 6.01. The Morgan fingerprint density at radius 1 is 1.00 bits per heavy atom. The summed E-state index contributed by atoms with van der Waals surface area (Å²) in [6, 6.07) is 22.1. The summed E-state index contributed by atoms with van der Waals surface area (Å²) in [6.07, 6.45) is 0. The Hall–Kier alpha value is -3.01. The first-order chi connectivity index (χ1) is 12.2. The Balaban J connectivity index is 1.57. The van der Waals surface area contributed by atoms with Crippen LogP contribution in [-0.4, -0.2) is 26.6 Å². The highest BCUT2D eigenvalue weighted by molar-refractivity contribution is 5.87. The van der Waals surface area contributed by atoms with Crippen LogP contribution in [0.2, 0.25) is 0 Å². The average molecular weight is 334 g/mol. The quantitative estimate of drug-likeness (QED) is 0.749. The zero-order valence-electron chi connectivity index (χ0n) is 14.5. The van der Waals surface area contributed by atoms with Crippen molar-refractivity contribution >= 4 is 22.4 Å². The monoisotopic (exact) mass is 334 g/mol. The highest BCUT2D eigenvalue weighted by Gasteiger charge is 2.08. The fourth-order valence-corrected chi connectivity index (χ4v) is 2.72. The lowest BCUT2D eigenvalue weighted by Crippen LogP contribution is -2.34. The van der Waals surface area contributed by atoms with Crippen molar-refractivity contribution in [3.63, 3.8) is 0 Å². The second-order valence-corrected chi connectivity index (χ2v) is 6.01. The van der Waals surface area contributed by atoms with Crippen LogP contribution in [0.3, 0.4) is 0 Å². The van der Waals surface area contributed by atoms with E-state index in [0.717, 1.165) is 17.0 Å². The summed E-state index contributed by atoms with van der Waals surface area (Å²) < 4.78 is 5.13. The number of amides is 1. The van der Waals surface area contributed by atoms with Gasteiger partial charge < -0.3 is 15.0 Å². The summed E-state index contributed by atoms with van der Waals surface area (Å²) in [4.78, 5) is 14.2. The number of methoxy groups -OCH3 is 1. The van der Waals surface area contributed by atoms with Crippen molar-refractivity contribution in [2.24, 2.45) is 0 Å². The van der Waals surface area contributed by atoms with Crippen molar-refractivity contribution < 1.29 is 9.53 Å². The molecule has 0 heterocycles. The zero-order valence-corrected chi connectivity index (χ0v) is 14.5. The van der Waals surface area contributed by atoms with Crippen molar-refractivity contribution in [1.82, 2.24) is 5.32 Å². The molecule has 0 atom stereocenters. The fourth-order valence-electron chi connectivity index (χ4n) is 2.72. The topological polar surface area (TPSA) is 41.6 Å². The molecule has 0 spiro atoms. The number of nitrogens with one attached hydrogen (secondary N) is 1. The van der Waals surface area contributed by atoms with Crippen LogP contribution >= 0.6 is 0 Å². The van der Waals surface area contributed by atoms with Crippen molar-refractivity contribution in [1.29, 1.82) is 0 Å². The summed E-state index contributed by atoms with van der Waals surface area (Å²) in [5, 5.41) is 5.32. The van der Waals surface area contributed by atoms with Crippen LogP contribution in [0, 0.1) is 0 Å². The maximum Gasteiger partial charge on any atom is 0.239 e. The second kappa shape index (κ2) is 7.71. The number of anilines is 1. The molecule has 25 heavy (non-hydrogen) atoms. The molecule has 128 valence electrons. The van der Waals surface area contributed by atoms with Gasteiger partial charge in [0.2, 0.25) is 5.91 Å². The molecule has 0 aromatic heterocycles. The number of hydrogen-bond donors (Lipinski definition) is 1. The number of carbonyl (C=O) groups excluding carboxylic acids is 1. The number of nitrogens with zero attached hydrogens (tertiary/aromatic N) is 1. The highest BCUT2D eigenvalue weighted by Crippen LogP contribution is 2.21. The Kier molecular flexibility index (Phi) is 5.19. The van der Waals surface area contributed by atoms with E-state index in [1.807, 2.05) is 54.4 Å². The fraction of sp³-hybridized carbons (Fsp3) is 0.190. The third kappa shape index (κ3) is 4.29. The van der Waals surface area contributed by atoms with Crippen molar-refractivity contribution in [2.75, 3.05) is 25.6 Å². The average Bonchev–Trinajstić information content (AvgIpc) is 2.66. The summed E-state index contributed by atoms with van der Waals surface area (Å²) in [5.41, 5.74) is 2.07. The standard InChI is InChI=1S/C21H22N2O2/c1-23(19-10-9-17-5-3-4-6-18(17)13-19)15-21(24)22-14-16-7-11-20(25-2)12-8-16/h3-13H,14-15H2,1-2H3,(H,22,24). The molecule has 0 aliphatic rings. The molecular weight excluding hydrogens is 312 g/mol. The van der Waals surface area contributed by atoms with E-state index in [-0.39, 0.29) is 5.91 Å². The van der Waals surface area contributed by atoms with Crippen molar-refractivity contribution in [2.45, 2.75) is 6.54 Å². The minimum atomic E-state index is -0.00789. The van der Waals surface area contributed by atoms with Crippen molar-refractivity contribution in [3.8, 4) is 5.75 Å². The summed E-state index contributed by atoms with van der Waals surface area (Å²) in [7, 11) is 3.57. The van der Waals surface area contributed by atoms with Gasteiger partial charge in [0.05, 0.1) is 13.7 Å². The van der Waals surface area contributed by atoms with Gasteiger partial charge in [0.1, 0.15) is 5.75 Å². The van der Waals surface area contributed by atoms with Crippen LogP contribution in [0.4, 0.5) is 5.69 Å². The number of benzene rings is 3. The van der Waals surface area contributed by atoms with Gasteiger partial charge in [-0.05, 0) is 40.6 Å². The molecule has 0 radical (unpaired) electrons. The van der Waals surface area contributed by atoms with E-state index in [0.29, 0.717) is 13.1 Å². The van der Waals surface area contributed by atoms with Crippen LogP contribution in [0.5, 0.6) is 5.75 Å². The van der Waals surface area contributed by atoms with Crippen LogP contribution in [0.15, 0.2) is 66.7 Å². The van der Waals surface area contributed by atoms with E-state index in [9.17, 15) is 4.79 Å². The van der Waals surface area contributed by atoms with E-state index >= 15 is 0 Å². The van der Waals surface area contributed by atoms with E-state index in [1.54, 1.807) is 7.11 Å². The van der Waals surface area contributed by atoms with Gasteiger partial charge in [-0.15, -0.1) is 0 Å². The molecule has 4 nitrogen and oxygen atoms in total. The molecule has 0 unspecified atom stereocenters. The number of fused-ring (bicyclic) bond motifs is 1. The van der Waals surface area contributed by atoms with Crippen LogP contribution in [0.25, 0.3) is 10.8 Å². The van der Waals surface area contributed by atoms with Gasteiger partial charge >= 0.3 is 0 Å². The predicted molar refractivity (Wildman–Crippen MR) is 102 cm³/mol.